The smallest absolute Gasteiger partial charge is 0.296 e. The van der Waals surface area contributed by atoms with E-state index in [0.717, 1.165) is 36.8 Å². The first-order valence-electron chi connectivity index (χ1n) is 14.2. The molecule has 0 saturated heterocycles. The van der Waals surface area contributed by atoms with Crippen molar-refractivity contribution >= 4 is 20.2 Å². The van der Waals surface area contributed by atoms with E-state index >= 15 is 0 Å². The van der Waals surface area contributed by atoms with E-state index in [0.29, 0.717) is 17.1 Å². The molecule has 1 aliphatic rings. The molecule has 1 fully saturated rings. The van der Waals surface area contributed by atoms with Gasteiger partial charge in [-0.05, 0) is 94.3 Å². The van der Waals surface area contributed by atoms with Gasteiger partial charge in [0.15, 0.2) is 11.5 Å². The fourth-order valence-electron chi connectivity index (χ4n) is 5.04. The van der Waals surface area contributed by atoms with Crippen LogP contribution in [0, 0.1) is 25.2 Å². The van der Waals surface area contributed by atoms with Crippen LogP contribution in [-0.2, 0) is 34.0 Å². The average Bonchev–Trinajstić information content (AvgIpc) is 3.50. The maximum absolute atomic E-state index is 12.9. The van der Waals surface area contributed by atoms with Crippen molar-refractivity contribution in [3.8, 4) is 17.6 Å². The van der Waals surface area contributed by atoms with Crippen LogP contribution < -0.4 is 9.47 Å². The number of methoxy groups -OCH3 is 1. The Morgan fingerprint density at radius 2 is 1.26 bits per heavy atom. The maximum Gasteiger partial charge on any atom is 0.296 e. The summed E-state index contributed by atoms with van der Waals surface area (Å²) < 4.78 is 73.9. The quantitative estimate of drug-likeness (QED) is 0.198. The molecule has 11 heteroatoms. The molecule has 3 aromatic rings. The summed E-state index contributed by atoms with van der Waals surface area (Å²) in [6.07, 6.45) is 3.85. The molecular formula is C32H37NO8S2. The van der Waals surface area contributed by atoms with Gasteiger partial charge in [0.1, 0.15) is 0 Å². The van der Waals surface area contributed by atoms with Gasteiger partial charge < -0.3 is 9.47 Å². The highest BCUT2D eigenvalue weighted by atomic mass is 32.2. The minimum atomic E-state index is -4.09. The summed E-state index contributed by atoms with van der Waals surface area (Å²) in [4.78, 5) is 0.00904. The van der Waals surface area contributed by atoms with E-state index in [2.05, 4.69) is 6.07 Å². The standard InChI is InChI=1S/C32H37NO8S2/c1-24-8-13-28(14-9-24)42(34,35)39-20-18-32(23-33,19-21-40-43(36,37)29-15-10-25(2)11-16-29)26-12-17-30(38-3)31(22-26)41-27-6-4-5-7-27/h8-17,22,27H,4-7,18-21H2,1-3H3. The third kappa shape index (κ3) is 8.15. The largest absolute Gasteiger partial charge is 0.493 e. The van der Waals surface area contributed by atoms with E-state index in [9.17, 15) is 22.1 Å². The highest BCUT2D eigenvalue weighted by Crippen LogP contribution is 2.39. The lowest BCUT2D eigenvalue weighted by Gasteiger charge is -2.28. The average molecular weight is 628 g/mol. The van der Waals surface area contributed by atoms with Crippen molar-refractivity contribution in [3.63, 3.8) is 0 Å². The van der Waals surface area contributed by atoms with Crippen LogP contribution in [0.15, 0.2) is 76.5 Å². The van der Waals surface area contributed by atoms with Crippen molar-refractivity contribution in [2.45, 2.75) is 73.7 Å². The molecule has 0 radical (unpaired) electrons. The van der Waals surface area contributed by atoms with E-state index in [1.165, 1.54) is 31.4 Å². The van der Waals surface area contributed by atoms with Gasteiger partial charge in [-0.1, -0.05) is 41.5 Å². The topological polar surface area (TPSA) is 129 Å². The third-order valence-electron chi connectivity index (χ3n) is 7.68. The number of nitriles is 1. The molecule has 43 heavy (non-hydrogen) atoms. The molecule has 0 atom stereocenters. The van der Waals surface area contributed by atoms with Crippen molar-refractivity contribution in [3.05, 3.63) is 83.4 Å². The molecule has 3 aromatic carbocycles. The second kappa shape index (κ2) is 13.9. The number of hydrogen-bond donors (Lipinski definition) is 0. The number of benzene rings is 3. The molecule has 1 saturated carbocycles. The van der Waals surface area contributed by atoms with Gasteiger partial charge in [-0.3, -0.25) is 8.37 Å². The molecule has 0 amide bonds. The van der Waals surface area contributed by atoms with Crippen molar-refractivity contribution < 1.29 is 34.7 Å². The van der Waals surface area contributed by atoms with Crippen molar-refractivity contribution in [2.24, 2.45) is 0 Å². The lowest BCUT2D eigenvalue weighted by molar-refractivity contribution is 0.199. The molecular weight excluding hydrogens is 590 g/mol. The Kier molecular flexibility index (Phi) is 10.5. The zero-order chi connectivity index (χ0) is 31.1. The van der Waals surface area contributed by atoms with Gasteiger partial charge in [-0.25, -0.2) is 0 Å². The second-order valence-electron chi connectivity index (χ2n) is 10.8. The van der Waals surface area contributed by atoms with E-state index in [1.807, 2.05) is 13.8 Å². The normalized spacial score (nSPS) is 14.4. The summed E-state index contributed by atoms with van der Waals surface area (Å²) in [7, 11) is -6.65. The fourth-order valence-corrected chi connectivity index (χ4v) is 6.86. The lowest BCUT2D eigenvalue weighted by atomic mass is 9.76. The van der Waals surface area contributed by atoms with Gasteiger partial charge in [0.05, 0.1) is 47.7 Å². The van der Waals surface area contributed by atoms with Crippen LogP contribution in [0.3, 0.4) is 0 Å². The third-order valence-corrected chi connectivity index (χ3v) is 10.3. The summed E-state index contributed by atoms with van der Waals surface area (Å²) in [5, 5.41) is 10.6. The molecule has 230 valence electrons. The highest BCUT2D eigenvalue weighted by Gasteiger charge is 2.35. The van der Waals surface area contributed by atoms with Crippen LogP contribution >= 0.6 is 0 Å². The van der Waals surface area contributed by atoms with Crippen LogP contribution in [0.4, 0.5) is 0 Å². The predicted molar refractivity (Wildman–Crippen MR) is 161 cm³/mol. The minimum Gasteiger partial charge on any atom is -0.493 e. The Morgan fingerprint density at radius 3 is 1.70 bits per heavy atom. The van der Waals surface area contributed by atoms with Crippen molar-refractivity contribution in [1.82, 2.24) is 0 Å². The van der Waals surface area contributed by atoms with Crippen molar-refractivity contribution in [2.75, 3.05) is 20.3 Å². The highest BCUT2D eigenvalue weighted by molar-refractivity contribution is 7.87. The Balaban J connectivity index is 1.60. The molecule has 0 spiro atoms. The first kappa shape index (κ1) is 32.5. The van der Waals surface area contributed by atoms with Crippen LogP contribution in [0.25, 0.3) is 0 Å². The number of ether oxygens (including phenoxy) is 2. The van der Waals surface area contributed by atoms with Gasteiger partial charge in [-0.15, -0.1) is 0 Å². The first-order chi connectivity index (χ1) is 20.5. The zero-order valence-corrected chi connectivity index (χ0v) is 26.2. The maximum atomic E-state index is 12.9. The molecule has 1 aliphatic carbocycles. The van der Waals surface area contributed by atoms with Gasteiger partial charge in [0, 0.05) is 0 Å². The van der Waals surface area contributed by atoms with Crippen LogP contribution in [0.5, 0.6) is 11.5 Å². The van der Waals surface area contributed by atoms with E-state index in [1.54, 1.807) is 42.5 Å². The van der Waals surface area contributed by atoms with E-state index in [4.69, 9.17) is 17.8 Å². The molecule has 0 N–H and O–H groups in total. The van der Waals surface area contributed by atoms with Gasteiger partial charge in [0.25, 0.3) is 20.2 Å². The van der Waals surface area contributed by atoms with E-state index in [-0.39, 0.29) is 42.0 Å². The van der Waals surface area contributed by atoms with Gasteiger partial charge in [-0.2, -0.15) is 22.1 Å². The summed E-state index contributed by atoms with van der Waals surface area (Å²) in [5.41, 5.74) is 0.943. The monoisotopic (exact) mass is 627 g/mol. The second-order valence-corrected chi connectivity index (χ2v) is 14.0. The first-order valence-corrected chi connectivity index (χ1v) is 17.0. The number of aryl methyl sites for hydroxylation is 2. The SMILES string of the molecule is COc1ccc(C(C#N)(CCOS(=O)(=O)c2ccc(C)cc2)CCOS(=O)(=O)c2ccc(C)cc2)cc1OC1CCCC1. The minimum absolute atomic E-state index is 0.00452. The molecule has 0 unspecified atom stereocenters. The van der Waals surface area contributed by atoms with Crippen LogP contribution in [0.2, 0.25) is 0 Å². The lowest BCUT2D eigenvalue weighted by Crippen LogP contribution is -2.29. The molecule has 0 heterocycles. The Bertz CT molecular complexity index is 1560. The molecule has 4 rings (SSSR count). The Hall–Kier alpha value is -3.43. The molecule has 0 aromatic heterocycles. The van der Waals surface area contributed by atoms with E-state index < -0.39 is 25.7 Å². The number of rotatable bonds is 14. The summed E-state index contributed by atoms with van der Waals surface area (Å²) in [6, 6.07) is 19.9. The van der Waals surface area contributed by atoms with Crippen LogP contribution in [0.1, 0.15) is 55.2 Å². The number of nitrogens with zero attached hydrogens (tertiary/aromatic N) is 1. The molecule has 0 bridgehead atoms. The summed E-state index contributed by atoms with van der Waals surface area (Å²) in [6.45, 7) is 3.05. The Morgan fingerprint density at radius 1 is 0.767 bits per heavy atom. The zero-order valence-electron chi connectivity index (χ0n) is 24.6. The van der Waals surface area contributed by atoms with Crippen LogP contribution in [-0.4, -0.2) is 43.3 Å². The fraction of sp³-hybridized carbons (Fsp3) is 0.406. The summed E-state index contributed by atoms with van der Waals surface area (Å²) in [5.74, 6) is 0.965. The van der Waals surface area contributed by atoms with Gasteiger partial charge >= 0.3 is 0 Å². The molecule has 9 nitrogen and oxygen atoms in total. The number of hydrogen-bond acceptors (Lipinski definition) is 9. The molecule has 0 aliphatic heterocycles. The Labute approximate surface area is 254 Å². The summed E-state index contributed by atoms with van der Waals surface area (Å²) >= 11 is 0. The van der Waals surface area contributed by atoms with Crippen molar-refractivity contribution in [1.29, 1.82) is 5.26 Å². The van der Waals surface area contributed by atoms with Gasteiger partial charge in [0.2, 0.25) is 0 Å². The predicted octanol–water partition coefficient (Wildman–Crippen LogP) is 5.99.